The number of amidine groups is 1. The highest BCUT2D eigenvalue weighted by molar-refractivity contribution is 7.93. The van der Waals surface area contributed by atoms with Crippen LogP contribution in [0.4, 0.5) is 0 Å². The maximum atomic E-state index is 13.5. The number of halogens is 1. The number of likely N-dealkylation sites (N-methyl/N-ethyl adjacent to an activating group) is 1. The predicted molar refractivity (Wildman–Crippen MR) is 141 cm³/mol. The molecule has 4 atom stereocenters. The Kier molecular flexibility index (Phi) is 8.43. The molecule has 4 rings (SSSR count). The number of ether oxygens (including phenoxy) is 1. The standard InChI is InChI=1S/C25H32ClN5O6S/c1-29(9-10-32)24(27)17-5-3-16(4-6-17)13-31-21(25(34)37-2)14-30(15-23(31)33)38(35,36)22-12-18-11-19(26)7-8-20(18)28-22/h3-6,10,12,18-21,27-28H,7-9,11,13-15H2,1-2H3/t18-,19?,20?,21-/m1/s1. The summed E-state index contributed by atoms with van der Waals surface area (Å²) in [4.78, 5) is 39.4. The van der Waals surface area contributed by atoms with Crippen LogP contribution in [0.1, 0.15) is 30.4 Å². The van der Waals surface area contributed by atoms with Crippen LogP contribution in [-0.2, 0) is 35.7 Å². The minimum atomic E-state index is -4.04. The third kappa shape index (κ3) is 5.71. The van der Waals surface area contributed by atoms with Gasteiger partial charge in [-0.15, -0.1) is 11.6 Å². The Bertz CT molecular complexity index is 1240. The van der Waals surface area contributed by atoms with E-state index in [2.05, 4.69) is 5.32 Å². The van der Waals surface area contributed by atoms with Crippen molar-refractivity contribution in [1.29, 1.82) is 5.41 Å². The van der Waals surface area contributed by atoms with E-state index in [0.29, 0.717) is 23.8 Å². The molecule has 2 aliphatic heterocycles. The third-order valence-electron chi connectivity index (χ3n) is 7.32. The molecule has 1 aromatic rings. The molecule has 13 heteroatoms. The fraction of sp³-hybridized carbons (Fsp3) is 0.520. The molecule has 2 heterocycles. The normalized spacial score (nSPS) is 25.7. The van der Waals surface area contributed by atoms with Gasteiger partial charge in [0.1, 0.15) is 23.2 Å². The molecule has 206 valence electrons. The molecular formula is C25H32ClN5O6S. The van der Waals surface area contributed by atoms with Gasteiger partial charge in [-0.1, -0.05) is 24.3 Å². The van der Waals surface area contributed by atoms with Crippen LogP contribution in [0.15, 0.2) is 35.4 Å². The second-order valence-electron chi connectivity index (χ2n) is 9.81. The fourth-order valence-corrected chi connectivity index (χ4v) is 6.99. The molecule has 1 saturated carbocycles. The Morgan fingerprint density at radius 1 is 1.29 bits per heavy atom. The molecule has 1 saturated heterocycles. The Balaban J connectivity index is 1.50. The zero-order valence-corrected chi connectivity index (χ0v) is 22.9. The van der Waals surface area contributed by atoms with Gasteiger partial charge in [-0.3, -0.25) is 10.2 Å². The van der Waals surface area contributed by atoms with E-state index in [4.69, 9.17) is 21.7 Å². The van der Waals surface area contributed by atoms with Gasteiger partial charge in [-0.05, 0) is 30.9 Å². The van der Waals surface area contributed by atoms with E-state index in [1.807, 2.05) is 0 Å². The summed E-state index contributed by atoms with van der Waals surface area (Å²) in [6.45, 7) is -0.482. The predicted octanol–water partition coefficient (Wildman–Crippen LogP) is 0.879. The number of fused-ring (bicyclic) bond motifs is 1. The zero-order chi connectivity index (χ0) is 27.6. The van der Waals surface area contributed by atoms with Crippen molar-refractivity contribution in [2.75, 3.05) is 33.8 Å². The highest BCUT2D eigenvalue weighted by atomic mass is 35.5. The lowest BCUT2D eigenvalue weighted by molar-refractivity contribution is -0.157. The minimum Gasteiger partial charge on any atom is -0.467 e. The van der Waals surface area contributed by atoms with Gasteiger partial charge >= 0.3 is 5.97 Å². The van der Waals surface area contributed by atoms with Gasteiger partial charge in [0.05, 0.1) is 20.2 Å². The average molecular weight is 566 g/mol. The van der Waals surface area contributed by atoms with Gasteiger partial charge in [0.15, 0.2) is 0 Å². The Morgan fingerprint density at radius 2 is 2.00 bits per heavy atom. The van der Waals surface area contributed by atoms with E-state index in [1.54, 1.807) is 37.4 Å². The zero-order valence-electron chi connectivity index (χ0n) is 21.3. The first-order chi connectivity index (χ1) is 18.0. The van der Waals surface area contributed by atoms with E-state index < -0.39 is 34.5 Å². The number of nitrogens with zero attached hydrogens (tertiary/aromatic N) is 3. The highest BCUT2D eigenvalue weighted by Gasteiger charge is 2.45. The van der Waals surface area contributed by atoms with E-state index >= 15 is 0 Å². The molecule has 11 nitrogen and oxygen atoms in total. The van der Waals surface area contributed by atoms with Crippen molar-refractivity contribution >= 4 is 45.6 Å². The van der Waals surface area contributed by atoms with Crippen LogP contribution >= 0.6 is 11.6 Å². The van der Waals surface area contributed by atoms with Crippen molar-refractivity contribution in [3.05, 3.63) is 46.5 Å². The molecule has 2 fully saturated rings. The van der Waals surface area contributed by atoms with Gasteiger partial charge in [-0.2, -0.15) is 4.31 Å². The first-order valence-electron chi connectivity index (χ1n) is 12.4. The number of piperazine rings is 1. The molecule has 2 N–H and O–H groups in total. The number of benzene rings is 1. The molecule has 2 unspecified atom stereocenters. The number of alkyl halides is 1. The summed E-state index contributed by atoms with van der Waals surface area (Å²) in [5.74, 6) is -1.05. The summed E-state index contributed by atoms with van der Waals surface area (Å²) in [6.07, 6.45) is 4.64. The van der Waals surface area contributed by atoms with Gasteiger partial charge < -0.3 is 24.6 Å². The summed E-state index contributed by atoms with van der Waals surface area (Å²) in [5, 5.41) is 11.3. The van der Waals surface area contributed by atoms with E-state index in [-0.39, 0.29) is 47.8 Å². The summed E-state index contributed by atoms with van der Waals surface area (Å²) in [5.41, 5.74) is 1.28. The molecule has 38 heavy (non-hydrogen) atoms. The summed E-state index contributed by atoms with van der Waals surface area (Å²) < 4.78 is 32.9. The number of esters is 1. The molecule has 1 aliphatic carbocycles. The summed E-state index contributed by atoms with van der Waals surface area (Å²) in [6, 6.07) is 5.71. The summed E-state index contributed by atoms with van der Waals surface area (Å²) in [7, 11) is -1.20. The van der Waals surface area contributed by atoms with Gasteiger partial charge in [-0.25, -0.2) is 13.2 Å². The van der Waals surface area contributed by atoms with Crippen LogP contribution in [0.3, 0.4) is 0 Å². The number of aldehydes is 1. The number of rotatable bonds is 8. The summed E-state index contributed by atoms with van der Waals surface area (Å²) >= 11 is 6.27. The number of carbonyl (C=O) groups is 3. The van der Waals surface area contributed by atoms with Crippen molar-refractivity contribution in [3.8, 4) is 0 Å². The van der Waals surface area contributed by atoms with Crippen LogP contribution in [0.2, 0.25) is 0 Å². The van der Waals surface area contributed by atoms with Crippen LogP contribution in [0, 0.1) is 11.3 Å². The number of amides is 1. The number of carbonyl (C=O) groups excluding carboxylic acids is 3. The van der Waals surface area contributed by atoms with Crippen LogP contribution < -0.4 is 5.32 Å². The molecule has 1 aromatic carbocycles. The number of hydrogen-bond acceptors (Lipinski definition) is 8. The Hall–Kier alpha value is -2.96. The van der Waals surface area contributed by atoms with E-state index in [9.17, 15) is 22.8 Å². The smallest absolute Gasteiger partial charge is 0.329 e. The molecule has 0 spiro atoms. The monoisotopic (exact) mass is 565 g/mol. The Labute approximate surface area is 227 Å². The number of hydrogen-bond donors (Lipinski definition) is 2. The molecule has 0 radical (unpaired) electrons. The second-order valence-corrected chi connectivity index (χ2v) is 12.3. The molecule has 3 aliphatic rings. The van der Waals surface area contributed by atoms with Crippen molar-refractivity contribution < 1.29 is 27.5 Å². The first kappa shape index (κ1) is 28.1. The lowest BCUT2D eigenvalue weighted by Crippen LogP contribution is -2.60. The van der Waals surface area contributed by atoms with Crippen molar-refractivity contribution in [1.82, 2.24) is 19.4 Å². The maximum absolute atomic E-state index is 13.5. The number of sulfonamides is 1. The quantitative estimate of drug-likeness (QED) is 0.156. The van der Waals surface area contributed by atoms with Crippen LogP contribution in [0.25, 0.3) is 0 Å². The van der Waals surface area contributed by atoms with Gasteiger partial charge in [0.25, 0.3) is 10.0 Å². The number of nitrogens with one attached hydrogen (secondary N) is 2. The Morgan fingerprint density at radius 3 is 2.66 bits per heavy atom. The van der Waals surface area contributed by atoms with Crippen molar-refractivity contribution in [3.63, 3.8) is 0 Å². The molecule has 0 bridgehead atoms. The highest BCUT2D eigenvalue weighted by Crippen LogP contribution is 2.36. The minimum absolute atomic E-state index is 0.00194. The van der Waals surface area contributed by atoms with Gasteiger partial charge in [0, 0.05) is 43.0 Å². The van der Waals surface area contributed by atoms with E-state index in [0.717, 1.165) is 17.1 Å². The molecule has 0 aromatic heterocycles. The fourth-order valence-electron chi connectivity index (χ4n) is 5.12. The second kappa shape index (κ2) is 11.4. The van der Waals surface area contributed by atoms with Crippen LogP contribution in [-0.4, -0.2) is 97.8 Å². The SMILES string of the molecule is COC(=O)[C@H]1CN(S(=O)(=O)C2=C[C@H]3CC(Cl)CCC3N2)CC(=O)N1Cc1ccc(C(=N)N(C)CC=O)cc1. The van der Waals surface area contributed by atoms with Crippen molar-refractivity contribution in [2.45, 2.75) is 43.3 Å². The lowest BCUT2D eigenvalue weighted by atomic mass is 9.86. The average Bonchev–Trinajstić information content (AvgIpc) is 3.33. The molecule has 1 amide bonds. The lowest BCUT2D eigenvalue weighted by Gasteiger charge is -2.39. The first-order valence-corrected chi connectivity index (χ1v) is 14.2. The van der Waals surface area contributed by atoms with Crippen molar-refractivity contribution in [2.24, 2.45) is 5.92 Å². The van der Waals surface area contributed by atoms with E-state index in [1.165, 1.54) is 16.9 Å². The largest absolute Gasteiger partial charge is 0.467 e. The molecular weight excluding hydrogens is 534 g/mol. The third-order valence-corrected chi connectivity index (χ3v) is 9.48. The van der Waals surface area contributed by atoms with Crippen LogP contribution in [0.5, 0.6) is 0 Å². The topological polar surface area (TPSA) is 140 Å². The number of methoxy groups -OCH3 is 1. The van der Waals surface area contributed by atoms with Gasteiger partial charge in [0.2, 0.25) is 5.91 Å². The maximum Gasteiger partial charge on any atom is 0.329 e.